The second-order valence-corrected chi connectivity index (χ2v) is 5.86. The molecule has 0 saturated heterocycles. The molecule has 2 fully saturated rings. The van der Waals surface area contributed by atoms with E-state index in [0.717, 1.165) is 31.8 Å². The van der Waals surface area contributed by atoms with Gasteiger partial charge in [0.1, 0.15) is 5.54 Å². The van der Waals surface area contributed by atoms with Crippen LogP contribution in [0.4, 0.5) is 0 Å². The van der Waals surface area contributed by atoms with Crippen LogP contribution in [-0.2, 0) is 9.53 Å². The van der Waals surface area contributed by atoms with Crippen LogP contribution in [-0.4, -0.2) is 48.7 Å². The van der Waals surface area contributed by atoms with E-state index in [-0.39, 0.29) is 5.97 Å². The van der Waals surface area contributed by atoms with Crippen LogP contribution in [0.5, 0.6) is 0 Å². The van der Waals surface area contributed by atoms with Gasteiger partial charge in [0, 0.05) is 12.1 Å². The normalized spacial score (nSPS) is 31.5. The monoisotopic (exact) mass is 268 g/mol. The third kappa shape index (κ3) is 3.11. The molecule has 2 aliphatic rings. The summed E-state index contributed by atoms with van der Waals surface area (Å²) in [7, 11) is 1.90. The molecule has 19 heavy (non-hydrogen) atoms. The lowest BCUT2D eigenvalue weighted by Crippen LogP contribution is -2.58. The van der Waals surface area contributed by atoms with E-state index < -0.39 is 5.54 Å². The highest BCUT2D eigenvalue weighted by Gasteiger charge is 2.45. The van der Waals surface area contributed by atoms with E-state index in [1.807, 2.05) is 14.0 Å². The van der Waals surface area contributed by atoms with E-state index in [2.05, 4.69) is 17.1 Å². The second-order valence-electron chi connectivity index (χ2n) is 5.86. The van der Waals surface area contributed by atoms with Crippen molar-refractivity contribution in [3.63, 3.8) is 0 Å². The minimum atomic E-state index is -0.457. The van der Waals surface area contributed by atoms with E-state index in [9.17, 15) is 4.79 Å². The van der Waals surface area contributed by atoms with Gasteiger partial charge in [-0.2, -0.15) is 0 Å². The Labute approximate surface area is 116 Å². The van der Waals surface area contributed by atoms with E-state index >= 15 is 0 Å². The van der Waals surface area contributed by atoms with Gasteiger partial charge in [0.05, 0.1) is 6.61 Å². The summed E-state index contributed by atoms with van der Waals surface area (Å²) < 4.78 is 5.29. The highest BCUT2D eigenvalue weighted by molar-refractivity contribution is 5.81. The average molecular weight is 268 g/mol. The average Bonchev–Trinajstić information content (AvgIpc) is 3.25. The summed E-state index contributed by atoms with van der Waals surface area (Å²) in [5, 5.41) is 3.27. The van der Waals surface area contributed by atoms with Crippen molar-refractivity contribution in [2.75, 3.05) is 20.2 Å². The first-order valence-electron chi connectivity index (χ1n) is 7.78. The third-order valence-electron chi connectivity index (χ3n) is 4.72. The first-order chi connectivity index (χ1) is 9.16. The fourth-order valence-corrected chi connectivity index (χ4v) is 3.53. The third-order valence-corrected chi connectivity index (χ3v) is 4.72. The maximum Gasteiger partial charge on any atom is 0.326 e. The van der Waals surface area contributed by atoms with Gasteiger partial charge in [0.15, 0.2) is 0 Å². The molecular weight excluding hydrogens is 240 g/mol. The van der Waals surface area contributed by atoms with Gasteiger partial charge < -0.3 is 10.1 Å². The highest BCUT2D eigenvalue weighted by Crippen LogP contribution is 2.37. The van der Waals surface area contributed by atoms with Gasteiger partial charge in [-0.1, -0.05) is 6.92 Å². The topological polar surface area (TPSA) is 41.6 Å². The van der Waals surface area contributed by atoms with Crippen molar-refractivity contribution in [2.45, 2.75) is 70.0 Å². The van der Waals surface area contributed by atoms with Crippen LogP contribution in [0, 0.1) is 0 Å². The Morgan fingerprint density at radius 1 is 1.32 bits per heavy atom. The molecule has 2 unspecified atom stereocenters. The van der Waals surface area contributed by atoms with Crippen molar-refractivity contribution in [2.24, 2.45) is 0 Å². The maximum absolute atomic E-state index is 12.3. The smallest absolute Gasteiger partial charge is 0.326 e. The lowest BCUT2D eigenvalue weighted by molar-refractivity contribution is -0.153. The summed E-state index contributed by atoms with van der Waals surface area (Å²) in [4.78, 5) is 14.9. The zero-order valence-electron chi connectivity index (χ0n) is 12.6. The van der Waals surface area contributed by atoms with Gasteiger partial charge in [0.2, 0.25) is 0 Å². The molecule has 2 aliphatic carbocycles. The summed E-state index contributed by atoms with van der Waals surface area (Å²) in [5.41, 5.74) is -0.457. The lowest BCUT2D eigenvalue weighted by Gasteiger charge is -2.43. The molecule has 0 aromatic rings. The van der Waals surface area contributed by atoms with Gasteiger partial charge >= 0.3 is 5.97 Å². The number of carbonyl (C=O) groups is 1. The molecular formula is C15H28N2O2. The van der Waals surface area contributed by atoms with E-state index in [4.69, 9.17) is 4.74 Å². The molecule has 1 N–H and O–H groups in total. The number of ether oxygens (including phenoxy) is 1. The van der Waals surface area contributed by atoms with Gasteiger partial charge in [-0.25, -0.2) is 0 Å². The van der Waals surface area contributed by atoms with Gasteiger partial charge in [-0.05, 0) is 59.0 Å². The van der Waals surface area contributed by atoms with Crippen LogP contribution in [0.15, 0.2) is 0 Å². The molecule has 4 nitrogen and oxygen atoms in total. The number of hydrogen-bond donors (Lipinski definition) is 1. The second kappa shape index (κ2) is 6.23. The molecule has 2 saturated carbocycles. The van der Waals surface area contributed by atoms with Gasteiger partial charge in [-0.3, -0.25) is 9.69 Å². The van der Waals surface area contributed by atoms with Crippen molar-refractivity contribution >= 4 is 5.97 Å². The lowest BCUT2D eigenvalue weighted by atomic mass is 9.78. The molecule has 0 radical (unpaired) electrons. The fraction of sp³-hybridized carbons (Fsp3) is 0.933. The summed E-state index contributed by atoms with van der Waals surface area (Å²) in [6.07, 6.45) is 6.78. The van der Waals surface area contributed by atoms with Crippen LogP contribution in [0.1, 0.15) is 52.4 Å². The van der Waals surface area contributed by atoms with Crippen LogP contribution in [0.25, 0.3) is 0 Å². The Balaban J connectivity index is 2.06. The number of hydrogen-bond acceptors (Lipinski definition) is 4. The Morgan fingerprint density at radius 3 is 2.58 bits per heavy atom. The molecule has 0 aliphatic heterocycles. The SMILES string of the molecule is CCOC(=O)C1(NC)CCCC(N(CC)C2CC2)C1. The van der Waals surface area contributed by atoms with Crippen LogP contribution in [0.3, 0.4) is 0 Å². The van der Waals surface area contributed by atoms with E-state index in [0.29, 0.717) is 12.6 Å². The molecule has 110 valence electrons. The predicted molar refractivity (Wildman–Crippen MR) is 76.1 cm³/mol. The van der Waals surface area contributed by atoms with E-state index in [1.54, 1.807) is 0 Å². The number of rotatable bonds is 6. The first kappa shape index (κ1) is 14.8. The number of carbonyl (C=O) groups excluding carboxylic acids is 1. The number of nitrogens with one attached hydrogen (secondary N) is 1. The van der Waals surface area contributed by atoms with Gasteiger partial charge in [-0.15, -0.1) is 0 Å². The molecule has 0 aromatic heterocycles. The largest absolute Gasteiger partial charge is 0.465 e. The van der Waals surface area contributed by atoms with Crippen molar-refractivity contribution in [1.29, 1.82) is 0 Å². The Morgan fingerprint density at radius 2 is 2.05 bits per heavy atom. The zero-order valence-corrected chi connectivity index (χ0v) is 12.6. The zero-order chi connectivity index (χ0) is 13.9. The summed E-state index contributed by atoms with van der Waals surface area (Å²) in [6, 6.07) is 1.30. The van der Waals surface area contributed by atoms with Crippen molar-refractivity contribution < 1.29 is 9.53 Å². The molecule has 0 aromatic carbocycles. The number of likely N-dealkylation sites (N-methyl/N-ethyl adjacent to an activating group) is 1. The molecule has 4 heteroatoms. The van der Waals surface area contributed by atoms with Gasteiger partial charge in [0.25, 0.3) is 0 Å². The quantitative estimate of drug-likeness (QED) is 0.748. The standard InChI is InChI=1S/C15H28N2O2/c1-4-17(12-8-9-12)13-7-6-10-15(11-13,16-3)14(18)19-5-2/h12-13,16H,4-11H2,1-3H3. The van der Waals surface area contributed by atoms with Crippen LogP contribution in [0.2, 0.25) is 0 Å². The first-order valence-corrected chi connectivity index (χ1v) is 7.78. The number of nitrogens with zero attached hydrogens (tertiary/aromatic N) is 1. The fourth-order valence-electron chi connectivity index (χ4n) is 3.53. The van der Waals surface area contributed by atoms with Crippen molar-refractivity contribution in [3.05, 3.63) is 0 Å². The minimum absolute atomic E-state index is 0.0611. The van der Waals surface area contributed by atoms with Crippen LogP contribution < -0.4 is 5.32 Å². The number of esters is 1. The summed E-state index contributed by atoms with van der Waals surface area (Å²) in [6.45, 7) is 5.67. The minimum Gasteiger partial charge on any atom is -0.465 e. The van der Waals surface area contributed by atoms with Crippen molar-refractivity contribution in [1.82, 2.24) is 10.2 Å². The Bertz CT molecular complexity index is 317. The van der Waals surface area contributed by atoms with Crippen molar-refractivity contribution in [3.8, 4) is 0 Å². The highest BCUT2D eigenvalue weighted by atomic mass is 16.5. The molecule has 2 rings (SSSR count). The summed E-state index contributed by atoms with van der Waals surface area (Å²) >= 11 is 0. The van der Waals surface area contributed by atoms with Crippen LogP contribution >= 0.6 is 0 Å². The molecule has 0 heterocycles. The maximum atomic E-state index is 12.3. The van der Waals surface area contributed by atoms with E-state index in [1.165, 1.54) is 19.3 Å². The summed E-state index contributed by atoms with van der Waals surface area (Å²) in [5.74, 6) is -0.0611. The predicted octanol–water partition coefficient (Wildman–Crippen LogP) is 1.93. The molecule has 0 spiro atoms. The molecule has 2 atom stereocenters. The molecule has 0 bridgehead atoms. The molecule has 0 amide bonds. The Hall–Kier alpha value is -0.610. The Kier molecular flexibility index (Phi) is 4.85.